The molecule has 1 aromatic carbocycles. The third-order valence-corrected chi connectivity index (χ3v) is 3.61. The van der Waals surface area contributed by atoms with Gasteiger partial charge in [0.15, 0.2) is 6.10 Å². The van der Waals surface area contributed by atoms with E-state index in [1.165, 1.54) is 12.1 Å². The molecule has 0 aliphatic heterocycles. The Bertz CT molecular complexity index is 447. The van der Waals surface area contributed by atoms with E-state index in [0.717, 1.165) is 25.9 Å². The van der Waals surface area contributed by atoms with E-state index in [2.05, 4.69) is 9.05 Å². The molecule has 0 aliphatic rings. The minimum atomic E-state index is -4.70. The molecule has 3 nitrogen and oxygen atoms in total. The number of hydrogen-bond donors (Lipinski definition) is 0. The minimum absolute atomic E-state index is 0.189. The Morgan fingerprint density at radius 2 is 1.78 bits per heavy atom. The Morgan fingerprint density at radius 1 is 1.28 bits per heavy atom. The SMILES string of the molecule is COP(C)(=O)OC(c1ccc(Cl)cc1)C(F)(F)F. The second-order valence-corrected chi connectivity index (χ2v) is 6.09. The van der Waals surface area contributed by atoms with E-state index in [-0.39, 0.29) is 5.56 Å². The van der Waals surface area contributed by atoms with Gasteiger partial charge >= 0.3 is 13.8 Å². The quantitative estimate of drug-likeness (QED) is 0.772. The molecule has 1 rings (SSSR count). The molecule has 0 saturated carbocycles. The summed E-state index contributed by atoms with van der Waals surface area (Å²) < 4.78 is 59.0. The Labute approximate surface area is 107 Å². The Kier molecular flexibility index (Phi) is 4.84. The molecule has 0 bridgehead atoms. The predicted octanol–water partition coefficient (Wildman–Crippen LogP) is 4.43. The molecule has 102 valence electrons. The van der Waals surface area contributed by atoms with Crippen molar-refractivity contribution in [2.24, 2.45) is 0 Å². The smallest absolute Gasteiger partial charge is 0.312 e. The summed E-state index contributed by atoms with van der Waals surface area (Å²) in [5, 5.41) is 0.297. The molecule has 2 atom stereocenters. The molecule has 0 N–H and O–H groups in total. The normalized spacial score (nSPS) is 17.2. The monoisotopic (exact) mass is 302 g/mol. The zero-order valence-electron chi connectivity index (χ0n) is 9.57. The van der Waals surface area contributed by atoms with Gasteiger partial charge in [0.05, 0.1) is 0 Å². The van der Waals surface area contributed by atoms with Gasteiger partial charge in [0.2, 0.25) is 0 Å². The fourth-order valence-electron chi connectivity index (χ4n) is 1.18. The lowest BCUT2D eigenvalue weighted by Crippen LogP contribution is -2.22. The van der Waals surface area contributed by atoms with E-state index in [0.29, 0.717) is 5.02 Å². The highest BCUT2D eigenvalue weighted by molar-refractivity contribution is 7.52. The van der Waals surface area contributed by atoms with Crippen LogP contribution in [0.25, 0.3) is 0 Å². The molecule has 0 heterocycles. The molecule has 2 unspecified atom stereocenters. The first kappa shape index (κ1) is 15.5. The molecule has 0 aliphatic carbocycles. The van der Waals surface area contributed by atoms with Crippen molar-refractivity contribution in [1.82, 2.24) is 0 Å². The van der Waals surface area contributed by atoms with Crippen molar-refractivity contribution in [1.29, 1.82) is 0 Å². The maximum absolute atomic E-state index is 12.8. The van der Waals surface area contributed by atoms with E-state index in [1.54, 1.807) is 0 Å². The van der Waals surface area contributed by atoms with Crippen LogP contribution in [-0.4, -0.2) is 20.0 Å². The Hall–Kier alpha value is -0.550. The van der Waals surface area contributed by atoms with Crippen LogP contribution in [0.3, 0.4) is 0 Å². The number of halogens is 4. The standard InChI is InChI=1S/C10H11ClF3O3P/c1-16-18(2,15)17-9(10(12,13)14)7-3-5-8(11)6-4-7/h3-6,9H,1-2H3. The van der Waals surface area contributed by atoms with Crippen LogP contribution in [0.4, 0.5) is 13.2 Å². The number of alkyl halides is 3. The molecular weight excluding hydrogens is 292 g/mol. The Morgan fingerprint density at radius 3 is 2.17 bits per heavy atom. The van der Waals surface area contributed by atoms with Gasteiger partial charge in [-0.1, -0.05) is 23.7 Å². The van der Waals surface area contributed by atoms with Crippen LogP contribution in [0.1, 0.15) is 11.7 Å². The molecule has 1 aromatic rings. The van der Waals surface area contributed by atoms with Crippen LogP contribution in [0.15, 0.2) is 24.3 Å². The Balaban J connectivity index is 3.07. The molecular formula is C10H11ClF3O3P. The summed E-state index contributed by atoms with van der Waals surface area (Å²) in [6, 6.07) is 4.92. The first-order valence-corrected chi connectivity index (χ1v) is 7.16. The second-order valence-electron chi connectivity index (χ2n) is 3.53. The van der Waals surface area contributed by atoms with E-state index in [4.69, 9.17) is 11.6 Å². The first-order chi connectivity index (χ1) is 8.15. The van der Waals surface area contributed by atoms with Gasteiger partial charge in [0.1, 0.15) is 0 Å². The fraction of sp³-hybridized carbons (Fsp3) is 0.400. The van der Waals surface area contributed by atoms with Crippen LogP contribution in [0, 0.1) is 0 Å². The van der Waals surface area contributed by atoms with E-state index in [1.807, 2.05) is 0 Å². The van der Waals surface area contributed by atoms with Crippen molar-refractivity contribution in [3.05, 3.63) is 34.9 Å². The summed E-state index contributed by atoms with van der Waals surface area (Å²) in [5.41, 5.74) is -0.189. The van der Waals surface area contributed by atoms with Gasteiger partial charge in [-0.25, -0.2) is 0 Å². The van der Waals surface area contributed by atoms with E-state index >= 15 is 0 Å². The van der Waals surface area contributed by atoms with Crippen LogP contribution < -0.4 is 0 Å². The van der Waals surface area contributed by atoms with Gasteiger partial charge < -0.3 is 4.52 Å². The number of benzene rings is 1. The third kappa shape index (κ3) is 4.28. The minimum Gasteiger partial charge on any atom is -0.312 e. The number of rotatable bonds is 4. The molecule has 0 amide bonds. The van der Waals surface area contributed by atoms with Crippen molar-refractivity contribution in [3.63, 3.8) is 0 Å². The third-order valence-electron chi connectivity index (χ3n) is 2.10. The first-order valence-electron chi connectivity index (χ1n) is 4.79. The number of hydrogen-bond acceptors (Lipinski definition) is 3. The average molecular weight is 303 g/mol. The zero-order valence-corrected chi connectivity index (χ0v) is 11.2. The van der Waals surface area contributed by atoms with E-state index < -0.39 is 19.9 Å². The average Bonchev–Trinajstić information content (AvgIpc) is 2.26. The summed E-state index contributed by atoms with van der Waals surface area (Å²) in [6.07, 6.45) is -7.01. The molecule has 8 heteroatoms. The highest BCUT2D eigenvalue weighted by Crippen LogP contribution is 2.51. The maximum atomic E-state index is 12.8. The predicted molar refractivity (Wildman–Crippen MR) is 61.9 cm³/mol. The van der Waals surface area contributed by atoms with Gasteiger partial charge in [0, 0.05) is 18.8 Å². The van der Waals surface area contributed by atoms with Crippen molar-refractivity contribution >= 4 is 19.2 Å². The summed E-state index contributed by atoms with van der Waals surface area (Å²) in [4.78, 5) is 0. The zero-order chi connectivity index (χ0) is 14.0. The van der Waals surface area contributed by atoms with Crippen molar-refractivity contribution < 1.29 is 26.8 Å². The van der Waals surface area contributed by atoms with Crippen molar-refractivity contribution in [3.8, 4) is 0 Å². The second kappa shape index (κ2) is 5.61. The van der Waals surface area contributed by atoms with Gasteiger partial charge in [0.25, 0.3) is 0 Å². The van der Waals surface area contributed by atoms with Crippen LogP contribution in [0.5, 0.6) is 0 Å². The molecule has 18 heavy (non-hydrogen) atoms. The lowest BCUT2D eigenvalue weighted by molar-refractivity contribution is -0.199. The highest BCUT2D eigenvalue weighted by Gasteiger charge is 2.45. The summed E-state index contributed by atoms with van der Waals surface area (Å²) in [6.45, 7) is 0.974. The maximum Gasteiger partial charge on any atom is 0.419 e. The van der Waals surface area contributed by atoms with Gasteiger partial charge in [-0.2, -0.15) is 13.2 Å². The van der Waals surface area contributed by atoms with Crippen molar-refractivity contribution in [2.45, 2.75) is 12.3 Å². The molecule has 0 saturated heterocycles. The van der Waals surface area contributed by atoms with Crippen LogP contribution in [0.2, 0.25) is 5.02 Å². The largest absolute Gasteiger partial charge is 0.419 e. The summed E-state index contributed by atoms with van der Waals surface area (Å²) in [5.74, 6) is 0. The lowest BCUT2D eigenvalue weighted by Gasteiger charge is -2.23. The molecule has 0 fully saturated rings. The van der Waals surface area contributed by atoms with Crippen LogP contribution >= 0.6 is 19.2 Å². The molecule has 0 radical (unpaired) electrons. The summed E-state index contributed by atoms with van der Waals surface area (Å²) in [7, 11) is -2.73. The molecule has 0 aromatic heterocycles. The van der Waals surface area contributed by atoms with Gasteiger partial charge in [-0.3, -0.25) is 9.09 Å². The van der Waals surface area contributed by atoms with Gasteiger partial charge in [-0.15, -0.1) is 0 Å². The highest BCUT2D eigenvalue weighted by atomic mass is 35.5. The van der Waals surface area contributed by atoms with E-state index in [9.17, 15) is 17.7 Å². The fourth-order valence-corrected chi connectivity index (χ4v) is 2.02. The van der Waals surface area contributed by atoms with Gasteiger partial charge in [-0.05, 0) is 17.7 Å². The van der Waals surface area contributed by atoms with Crippen LogP contribution in [-0.2, 0) is 13.6 Å². The topological polar surface area (TPSA) is 35.5 Å². The molecule has 0 spiro atoms. The lowest BCUT2D eigenvalue weighted by atomic mass is 10.1. The summed E-state index contributed by atoms with van der Waals surface area (Å²) >= 11 is 5.59. The van der Waals surface area contributed by atoms with Crippen molar-refractivity contribution in [2.75, 3.05) is 13.8 Å².